The second-order valence-electron chi connectivity index (χ2n) is 3.59. The number of ether oxygens (including phenoxy) is 1. The largest absolute Gasteiger partial charge is 0.469 e. The molecule has 3 nitrogen and oxygen atoms in total. The standard InChI is InChI=1S/C10H18O3S/c1-13-10(12)6-7-14-9-5-3-2-4-8(9)11/h8-9,11H,2-7H2,1H3. The lowest BCUT2D eigenvalue weighted by molar-refractivity contribution is -0.140. The Balaban J connectivity index is 2.13. The van der Waals surface area contributed by atoms with Crippen LogP contribution in [0, 0.1) is 0 Å². The molecule has 0 saturated heterocycles. The Bertz CT molecular complexity index is 184. The van der Waals surface area contributed by atoms with Crippen LogP contribution in [-0.4, -0.2) is 35.3 Å². The van der Waals surface area contributed by atoms with Crippen LogP contribution >= 0.6 is 11.8 Å². The number of esters is 1. The maximum absolute atomic E-state index is 10.8. The monoisotopic (exact) mass is 218 g/mol. The topological polar surface area (TPSA) is 46.5 Å². The Labute approximate surface area is 89.2 Å². The number of carbonyl (C=O) groups is 1. The average Bonchev–Trinajstić information content (AvgIpc) is 2.20. The van der Waals surface area contributed by atoms with Crippen molar-refractivity contribution in [3.8, 4) is 0 Å². The van der Waals surface area contributed by atoms with Gasteiger partial charge in [0.15, 0.2) is 0 Å². The van der Waals surface area contributed by atoms with Crippen molar-refractivity contribution < 1.29 is 14.6 Å². The van der Waals surface area contributed by atoms with Crippen molar-refractivity contribution in [1.29, 1.82) is 0 Å². The van der Waals surface area contributed by atoms with Crippen LogP contribution in [0.3, 0.4) is 0 Å². The van der Waals surface area contributed by atoms with Crippen molar-refractivity contribution in [2.45, 2.75) is 43.5 Å². The van der Waals surface area contributed by atoms with Gasteiger partial charge in [0.25, 0.3) is 0 Å². The van der Waals surface area contributed by atoms with Crippen molar-refractivity contribution in [3.05, 3.63) is 0 Å². The van der Waals surface area contributed by atoms with Crippen LogP contribution in [0.5, 0.6) is 0 Å². The third-order valence-corrected chi connectivity index (χ3v) is 3.95. The first kappa shape index (κ1) is 11.9. The summed E-state index contributed by atoms with van der Waals surface area (Å²) in [6, 6.07) is 0. The number of methoxy groups -OCH3 is 1. The summed E-state index contributed by atoms with van der Waals surface area (Å²) in [5, 5.41) is 9.98. The predicted octanol–water partition coefficient (Wildman–Crippen LogP) is 1.59. The van der Waals surface area contributed by atoms with Crippen LogP contribution in [0.2, 0.25) is 0 Å². The van der Waals surface area contributed by atoms with Gasteiger partial charge in [-0.3, -0.25) is 4.79 Å². The Morgan fingerprint density at radius 2 is 2.21 bits per heavy atom. The highest BCUT2D eigenvalue weighted by atomic mass is 32.2. The van der Waals surface area contributed by atoms with E-state index in [0.29, 0.717) is 11.7 Å². The number of hydrogen-bond acceptors (Lipinski definition) is 4. The van der Waals surface area contributed by atoms with Crippen molar-refractivity contribution >= 4 is 17.7 Å². The van der Waals surface area contributed by atoms with Crippen LogP contribution in [0.1, 0.15) is 32.1 Å². The zero-order valence-corrected chi connectivity index (χ0v) is 9.39. The van der Waals surface area contributed by atoms with Gasteiger partial charge in [-0.1, -0.05) is 12.8 Å². The van der Waals surface area contributed by atoms with Crippen LogP contribution in [0.15, 0.2) is 0 Å². The summed E-state index contributed by atoms with van der Waals surface area (Å²) in [5.41, 5.74) is 0. The summed E-state index contributed by atoms with van der Waals surface area (Å²) < 4.78 is 4.55. The highest BCUT2D eigenvalue weighted by Crippen LogP contribution is 2.28. The molecule has 0 heterocycles. The van der Waals surface area contributed by atoms with E-state index >= 15 is 0 Å². The van der Waals surface area contributed by atoms with E-state index in [4.69, 9.17) is 0 Å². The van der Waals surface area contributed by atoms with Gasteiger partial charge in [0.05, 0.1) is 19.6 Å². The first-order chi connectivity index (χ1) is 6.74. The van der Waals surface area contributed by atoms with Crippen molar-refractivity contribution in [2.75, 3.05) is 12.9 Å². The Hall–Kier alpha value is -0.220. The van der Waals surface area contributed by atoms with E-state index in [1.807, 2.05) is 0 Å². The van der Waals surface area contributed by atoms with E-state index in [0.717, 1.165) is 25.0 Å². The highest BCUT2D eigenvalue weighted by molar-refractivity contribution is 7.99. The van der Waals surface area contributed by atoms with Crippen LogP contribution < -0.4 is 0 Å². The van der Waals surface area contributed by atoms with Gasteiger partial charge in [0, 0.05) is 11.0 Å². The molecule has 0 spiro atoms. The van der Waals surface area contributed by atoms with Gasteiger partial charge in [0.1, 0.15) is 0 Å². The molecule has 1 saturated carbocycles. The fraction of sp³-hybridized carbons (Fsp3) is 0.900. The number of thioether (sulfide) groups is 1. The van der Waals surface area contributed by atoms with Gasteiger partial charge < -0.3 is 9.84 Å². The highest BCUT2D eigenvalue weighted by Gasteiger charge is 2.23. The number of hydrogen-bond donors (Lipinski definition) is 1. The fourth-order valence-electron chi connectivity index (χ4n) is 1.67. The first-order valence-corrected chi connectivity index (χ1v) is 6.15. The molecular formula is C10H18O3S. The lowest BCUT2D eigenvalue weighted by Gasteiger charge is -2.26. The van der Waals surface area contributed by atoms with Gasteiger partial charge in [-0.15, -0.1) is 0 Å². The molecule has 1 aliphatic carbocycles. The van der Waals surface area contributed by atoms with E-state index in [9.17, 15) is 9.90 Å². The molecule has 0 aromatic heterocycles. The molecule has 0 radical (unpaired) electrons. The quantitative estimate of drug-likeness (QED) is 0.728. The normalized spacial score (nSPS) is 27.3. The minimum atomic E-state index is -0.175. The van der Waals surface area contributed by atoms with Gasteiger partial charge in [0.2, 0.25) is 0 Å². The third kappa shape index (κ3) is 3.88. The molecule has 0 aromatic rings. The van der Waals surface area contributed by atoms with E-state index in [1.54, 1.807) is 11.8 Å². The molecule has 0 aliphatic heterocycles. The molecule has 1 fully saturated rings. The minimum absolute atomic E-state index is 0.164. The molecule has 0 aromatic carbocycles. The summed E-state index contributed by atoms with van der Waals surface area (Å²) in [5.74, 6) is 0.594. The summed E-state index contributed by atoms with van der Waals surface area (Å²) in [7, 11) is 1.41. The molecular weight excluding hydrogens is 200 g/mol. The second-order valence-corrected chi connectivity index (χ2v) is 4.93. The third-order valence-electron chi connectivity index (χ3n) is 2.53. The molecule has 4 heteroatoms. The maximum Gasteiger partial charge on any atom is 0.306 e. The van der Waals surface area contributed by atoms with Gasteiger partial charge in [-0.25, -0.2) is 0 Å². The summed E-state index contributed by atoms with van der Waals surface area (Å²) in [4.78, 5) is 10.8. The SMILES string of the molecule is COC(=O)CCSC1CCCCC1O. The van der Waals surface area contributed by atoms with E-state index in [2.05, 4.69) is 4.74 Å². The minimum Gasteiger partial charge on any atom is -0.469 e. The Kier molecular flexibility index (Phi) is 5.33. The van der Waals surface area contributed by atoms with Crippen molar-refractivity contribution in [2.24, 2.45) is 0 Å². The summed E-state index contributed by atoms with van der Waals surface area (Å²) in [6.45, 7) is 0. The number of carbonyl (C=O) groups excluding carboxylic acids is 1. The van der Waals surface area contributed by atoms with E-state index in [1.165, 1.54) is 13.5 Å². The molecule has 1 rings (SSSR count). The van der Waals surface area contributed by atoms with Crippen LogP contribution in [0.25, 0.3) is 0 Å². The Morgan fingerprint density at radius 1 is 1.50 bits per heavy atom. The molecule has 1 aliphatic rings. The van der Waals surface area contributed by atoms with Crippen molar-refractivity contribution in [3.63, 3.8) is 0 Å². The first-order valence-electron chi connectivity index (χ1n) is 5.10. The zero-order valence-electron chi connectivity index (χ0n) is 8.57. The molecule has 14 heavy (non-hydrogen) atoms. The van der Waals surface area contributed by atoms with Gasteiger partial charge >= 0.3 is 5.97 Å². The van der Waals surface area contributed by atoms with Crippen LogP contribution in [0.4, 0.5) is 0 Å². The number of aliphatic hydroxyl groups excluding tert-OH is 1. The zero-order chi connectivity index (χ0) is 10.4. The van der Waals surface area contributed by atoms with E-state index in [-0.39, 0.29) is 12.1 Å². The van der Waals surface area contributed by atoms with Crippen LogP contribution in [-0.2, 0) is 9.53 Å². The number of rotatable bonds is 4. The van der Waals surface area contributed by atoms with Gasteiger partial charge in [-0.05, 0) is 12.8 Å². The molecule has 2 unspecified atom stereocenters. The Morgan fingerprint density at radius 3 is 2.86 bits per heavy atom. The van der Waals surface area contributed by atoms with E-state index < -0.39 is 0 Å². The molecule has 0 amide bonds. The molecule has 2 atom stereocenters. The molecule has 0 bridgehead atoms. The molecule has 1 N–H and O–H groups in total. The maximum atomic E-state index is 10.8. The van der Waals surface area contributed by atoms with Gasteiger partial charge in [-0.2, -0.15) is 11.8 Å². The lowest BCUT2D eigenvalue weighted by atomic mass is 9.97. The second kappa shape index (κ2) is 6.30. The smallest absolute Gasteiger partial charge is 0.306 e. The predicted molar refractivity (Wildman–Crippen MR) is 57.4 cm³/mol. The average molecular weight is 218 g/mol. The summed E-state index contributed by atoms with van der Waals surface area (Å²) >= 11 is 1.70. The number of aliphatic hydroxyl groups is 1. The fourth-order valence-corrected chi connectivity index (χ4v) is 2.95. The van der Waals surface area contributed by atoms with Crippen molar-refractivity contribution in [1.82, 2.24) is 0 Å². The summed E-state index contributed by atoms with van der Waals surface area (Å²) in [6.07, 6.45) is 4.60. The molecule has 82 valence electrons. The lowest BCUT2D eigenvalue weighted by Crippen LogP contribution is -2.27.